The lowest BCUT2D eigenvalue weighted by atomic mass is 10.2. The molecule has 2 aromatic rings. The first kappa shape index (κ1) is 24.3. The van der Waals surface area contributed by atoms with Crippen molar-refractivity contribution in [1.29, 1.82) is 0 Å². The molecule has 0 amide bonds. The molecule has 0 aliphatic heterocycles. The minimum Gasteiger partial charge on any atom is -0.482 e. The van der Waals surface area contributed by atoms with Crippen LogP contribution >= 0.6 is 0 Å². The first-order valence-corrected chi connectivity index (χ1v) is 11.1. The van der Waals surface area contributed by atoms with Gasteiger partial charge in [-0.15, -0.1) is 6.58 Å². The molecule has 8 nitrogen and oxygen atoms in total. The molecular formula is C21H22O8Si. The van der Waals surface area contributed by atoms with E-state index in [0.717, 1.165) is 0 Å². The smallest absolute Gasteiger partial charge is 0.482 e. The zero-order valence-corrected chi connectivity index (χ0v) is 17.8. The highest BCUT2D eigenvalue weighted by Gasteiger charge is 2.34. The Morgan fingerprint density at radius 1 is 0.733 bits per heavy atom. The first-order valence-electron chi connectivity index (χ1n) is 8.73. The molecule has 0 bridgehead atoms. The maximum absolute atomic E-state index is 11.5. The van der Waals surface area contributed by atoms with E-state index in [0.29, 0.717) is 11.1 Å². The second-order valence-electron chi connectivity index (χ2n) is 5.88. The van der Waals surface area contributed by atoms with Crippen LogP contribution in [-0.4, -0.2) is 32.4 Å². The van der Waals surface area contributed by atoms with Gasteiger partial charge in [-0.1, -0.05) is 36.4 Å². The summed E-state index contributed by atoms with van der Waals surface area (Å²) in [4.78, 5) is 53.0. The van der Waals surface area contributed by atoms with Gasteiger partial charge in [-0.3, -0.25) is 9.59 Å². The maximum atomic E-state index is 11.5. The lowest BCUT2D eigenvalue weighted by Crippen LogP contribution is -2.39. The normalized spacial score (nSPS) is 9.83. The van der Waals surface area contributed by atoms with Gasteiger partial charge in [0.25, 0.3) is 11.9 Å². The lowest BCUT2D eigenvalue weighted by Gasteiger charge is -2.20. The number of rotatable bonds is 5. The predicted octanol–water partition coefficient (Wildman–Crippen LogP) is 3.53. The molecule has 0 aliphatic rings. The molecule has 2 aromatic carbocycles. The van der Waals surface area contributed by atoms with Crippen molar-refractivity contribution in [2.24, 2.45) is 0 Å². The second-order valence-corrected chi connectivity index (χ2v) is 8.73. The summed E-state index contributed by atoms with van der Waals surface area (Å²) in [6.45, 7) is 7.54. The summed E-state index contributed by atoms with van der Waals surface area (Å²) in [6.07, 6.45) is 0. The molecule has 0 atom stereocenters. The molecule has 30 heavy (non-hydrogen) atoms. The van der Waals surface area contributed by atoms with Crippen molar-refractivity contribution < 1.29 is 37.8 Å². The topological polar surface area (TPSA) is 105 Å². The summed E-state index contributed by atoms with van der Waals surface area (Å²) < 4.78 is 9.67. The highest BCUT2D eigenvalue weighted by Crippen LogP contribution is 2.08. The highest BCUT2D eigenvalue weighted by molar-refractivity contribution is 6.73. The SMILES string of the molecule is C=C[Si](C)(OC(C)=O)OC(C)=O.O=C(OOC(=O)c1ccccc1)c1ccccc1. The molecule has 0 aromatic heterocycles. The van der Waals surface area contributed by atoms with Crippen LogP contribution in [0.5, 0.6) is 0 Å². The van der Waals surface area contributed by atoms with Crippen LogP contribution in [0.2, 0.25) is 6.55 Å². The van der Waals surface area contributed by atoms with E-state index in [-0.39, 0.29) is 0 Å². The summed E-state index contributed by atoms with van der Waals surface area (Å²) in [5, 5.41) is 0. The molecule has 0 saturated heterocycles. The molecule has 0 radical (unpaired) electrons. The van der Waals surface area contributed by atoms with E-state index in [9.17, 15) is 19.2 Å². The Balaban J connectivity index is 0.000000329. The zero-order valence-electron chi connectivity index (χ0n) is 16.8. The minimum absolute atomic E-state index is 0.318. The molecule has 0 saturated carbocycles. The molecule has 9 heteroatoms. The van der Waals surface area contributed by atoms with Crippen molar-refractivity contribution in [3.63, 3.8) is 0 Å². The summed E-state index contributed by atoms with van der Waals surface area (Å²) in [7, 11) is -2.78. The van der Waals surface area contributed by atoms with Crippen LogP contribution in [-0.2, 0) is 28.2 Å². The standard InChI is InChI=1S/C14H10O4.C7H12O4Si/c15-13(11-7-3-1-4-8-11)17-18-14(16)12-9-5-2-6-10-12;1-5-12(4,10-6(2)8)11-7(3)9/h1-10H;5H,1H2,2-4H3. The van der Waals surface area contributed by atoms with Crippen LogP contribution < -0.4 is 0 Å². The fourth-order valence-corrected chi connectivity index (χ4v) is 3.35. The van der Waals surface area contributed by atoms with Crippen LogP contribution in [0.1, 0.15) is 34.6 Å². The number of hydrogen-bond donors (Lipinski definition) is 0. The summed E-state index contributed by atoms with van der Waals surface area (Å²) >= 11 is 0. The summed E-state index contributed by atoms with van der Waals surface area (Å²) in [6, 6.07) is 16.6. The third-order valence-electron chi connectivity index (χ3n) is 3.28. The number of benzene rings is 2. The van der Waals surface area contributed by atoms with Gasteiger partial charge in [-0.05, 0) is 30.0 Å². The molecule has 0 N–H and O–H groups in total. The van der Waals surface area contributed by atoms with Gasteiger partial charge in [0.1, 0.15) is 0 Å². The average Bonchev–Trinajstić information content (AvgIpc) is 2.72. The van der Waals surface area contributed by atoms with Crippen molar-refractivity contribution in [2.45, 2.75) is 20.4 Å². The van der Waals surface area contributed by atoms with Gasteiger partial charge in [-0.25, -0.2) is 19.4 Å². The van der Waals surface area contributed by atoms with Gasteiger partial charge < -0.3 is 8.85 Å². The molecule has 0 spiro atoms. The van der Waals surface area contributed by atoms with Crippen molar-refractivity contribution in [3.8, 4) is 0 Å². The van der Waals surface area contributed by atoms with Crippen molar-refractivity contribution >= 4 is 32.4 Å². The van der Waals surface area contributed by atoms with E-state index in [1.807, 2.05) is 0 Å². The second kappa shape index (κ2) is 12.0. The fourth-order valence-electron chi connectivity index (χ4n) is 2.00. The molecular weight excluding hydrogens is 408 g/mol. The highest BCUT2D eigenvalue weighted by atomic mass is 28.4. The Labute approximate surface area is 175 Å². The van der Waals surface area contributed by atoms with Gasteiger partial charge in [0.15, 0.2) is 0 Å². The van der Waals surface area contributed by atoms with Gasteiger partial charge in [-0.2, -0.15) is 0 Å². The largest absolute Gasteiger partial charge is 0.488 e. The molecule has 0 aliphatic carbocycles. The number of hydrogen-bond acceptors (Lipinski definition) is 8. The quantitative estimate of drug-likeness (QED) is 0.403. The van der Waals surface area contributed by atoms with Crippen LogP contribution in [0.3, 0.4) is 0 Å². The van der Waals surface area contributed by atoms with Gasteiger partial charge >= 0.3 is 20.5 Å². The van der Waals surface area contributed by atoms with Crippen LogP contribution in [0.15, 0.2) is 72.9 Å². The van der Waals surface area contributed by atoms with E-state index in [2.05, 4.69) is 16.4 Å². The molecule has 0 fully saturated rings. The third kappa shape index (κ3) is 8.98. The summed E-state index contributed by atoms with van der Waals surface area (Å²) in [5.41, 5.74) is 2.02. The minimum atomic E-state index is -2.78. The Bertz CT molecular complexity index is 813. The average molecular weight is 430 g/mol. The number of carbonyl (C=O) groups excluding carboxylic acids is 4. The molecule has 158 valence electrons. The van der Waals surface area contributed by atoms with Gasteiger partial charge in [0.05, 0.1) is 11.1 Å². The van der Waals surface area contributed by atoms with Crippen molar-refractivity contribution in [3.05, 3.63) is 84.1 Å². The first-order chi connectivity index (χ1) is 14.2. The fraction of sp³-hybridized carbons (Fsp3) is 0.143. The molecule has 0 heterocycles. The predicted molar refractivity (Wildman–Crippen MR) is 109 cm³/mol. The molecule has 0 unspecified atom stereocenters. The van der Waals surface area contributed by atoms with E-state index in [1.54, 1.807) is 67.2 Å². The Morgan fingerprint density at radius 3 is 1.33 bits per heavy atom. The maximum Gasteiger partial charge on any atom is 0.488 e. The Hall–Kier alpha value is -3.72. The number of carbonyl (C=O) groups is 4. The van der Waals surface area contributed by atoms with E-state index < -0.39 is 32.4 Å². The van der Waals surface area contributed by atoms with Crippen molar-refractivity contribution in [1.82, 2.24) is 0 Å². The van der Waals surface area contributed by atoms with Crippen LogP contribution in [0, 0.1) is 0 Å². The van der Waals surface area contributed by atoms with E-state index in [4.69, 9.17) is 8.85 Å². The Kier molecular flexibility index (Phi) is 9.70. The monoisotopic (exact) mass is 430 g/mol. The molecule has 2 rings (SSSR count). The van der Waals surface area contributed by atoms with Gasteiger partial charge in [0.2, 0.25) is 0 Å². The zero-order chi connectivity index (χ0) is 22.6. The lowest BCUT2D eigenvalue weighted by molar-refractivity contribution is -0.187. The summed E-state index contributed by atoms with van der Waals surface area (Å²) in [5.74, 6) is -2.35. The van der Waals surface area contributed by atoms with Crippen molar-refractivity contribution in [2.75, 3.05) is 0 Å². The Morgan fingerprint density at radius 2 is 1.07 bits per heavy atom. The van der Waals surface area contributed by atoms with E-state index >= 15 is 0 Å². The van der Waals surface area contributed by atoms with E-state index in [1.165, 1.54) is 19.5 Å². The van der Waals surface area contributed by atoms with Crippen LogP contribution in [0.4, 0.5) is 0 Å². The third-order valence-corrected chi connectivity index (χ3v) is 5.40. The van der Waals surface area contributed by atoms with Gasteiger partial charge in [0, 0.05) is 20.4 Å². The van der Waals surface area contributed by atoms with Crippen LogP contribution in [0.25, 0.3) is 0 Å².